The second-order valence-electron chi connectivity index (χ2n) is 4.81. The Labute approximate surface area is 129 Å². The van der Waals surface area contributed by atoms with Crippen LogP contribution >= 0.6 is 0 Å². The van der Waals surface area contributed by atoms with Crippen molar-refractivity contribution in [3.63, 3.8) is 0 Å². The molecule has 1 fully saturated rings. The van der Waals surface area contributed by atoms with Gasteiger partial charge < -0.3 is 25.4 Å². The number of fused-ring (bicyclic) bond motifs is 1. The first-order valence-corrected chi connectivity index (χ1v) is 6.67. The van der Waals surface area contributed by atoms with Crippen LogP contribution in [0.1, 0.15) is 6.23 Å². The summed E-state index contributed by atoms with van der Waals surface area (Å²) in [5.41, 5.74) is 14.8. The Hall–Kier alpha value is -2.50. The molecule has 12 nitrogen and oxygen atoms in total. The number of nitrogens with two attached hydrogens (primary N) is 1. The maximum absolute atomic E-state index is 10.2. The molecule has 0 saturated carbocycles. The third-order valence-corrected chi connectivity index (χ3v) is 3.54. The van der Waals surface area contributed by atoms with Crippen molar-refractivity contribution in [2.75, 3.05) is 19.1 Å². The van der Waals surface area contributed by atoms with Crippen molar-refractivity contribution in [3.05, 3.63) is 23.1 Å². The summed E-state index contributed by atoms with van der Waals surface area (Å²) >= 11 is 0. The van der Waals surface area contributed by atoms with E-state index in [1.165, 1.54) is 17.2 Å². The van der Waals surface area contributed by atoms with Crippen LogP contribution in [-0.2, 0) is 9.47 Å². The molecule has 0 unspecified atom stereocenters. The van der Waals surface area contributed by atoms with Crippen LogP contribution in [0.2, 0.25) is 0 Å². The summed E-state index contributed by atoms with van der Waals surface area (Å²) in [5, 5.41) is 22.8. The van der Waals surface area contributed by atoms with Gasteiger partial charge in [-0.15, -0.1) is 0 Å². The highest BCUT2D eigenvalue weighted by atomic mass is 16.6. The van der Waals surface area contributed by atoms with Gasteiger partial charge in [0.05, 0.1) is 12.9 Å². The Kier molecular flexibility index (Phi) is 4.23. The molecule has 1 aliphatic heterocycles. The molecule has 0 radical (unpaired) electrons. The van der Waals surface area contributed by atoms with Gasteiger partial charge in [0.2, 0.25) is 0 Å². The lowest BCUT2D eigenvalue weighted by atomic mass is 10.1. The topological polar surface area (TPSA) is 177 Å². The fraction of sp³-hybridized carbons (Fsp3) is 0.545. The maximum atomic E-state index is 10.2. The molecular weight excluding hydrogens is 308 g/mol. The van der Waals surface area contributed by atoms with Gasteiger partial charge in [-0.3, -0.25) is 4.57 Å². The molecule has 1 aliphatic rings. The number of ether oxygens (including phenoxy) is 2. The van der Waals surface area contributed by atoms with Crippen molar-refractivity contribution < 1.29 is 19.7 Å². The first-order chi connectivity index (χ1) is 11.2. The molecule has 4 atom stereocenters. The van der Waals surface area contributed by atoms with Gasteiger partial charge in [0.1, 0.15) is 36.9 Å². The molecule has 0 spiro atoms. The van der Waals surface area contributed by atoms with Crippen LogP contribution in [0.15, 0.2) is 17.8 Å². The highest BCUT2D eigenvalue weighted by Crippen LogP contribution is 2.33. The van der Waals surface area contributed by atoms with E-state index in [0.29, 0.717) is 11.2 Å². The van der Waals surface area contributed by atoms with E-state index >= 15 is 0 Å². The van der Waals surface area contributed by atoms with Crippen LogP contribution in [0.5, 0.6) is 0 Å². The zero-order valence-corrected chi connectivity index (χ0v) is 11.8. The quantitative estimate of drug-likeness (QED) is 0.368. The number of aliphatic hydroxyl groups is 2. The van der Waals surface area contributed by atoms with Crippen LogP contribution in [-0.4, -0.2) is 61.4 Å². The SMILES string of the molecule is [N-]=[N+]=NCO[C@@H]1[C@H](O)[C@@H](CO)O[C@H]1n1cnc2c(N)ncnc21. The third kappa shape index (κ3) is 2.65. The van der Waals surface area contributed by atoms with Crippen LogP contribution in [0.4, 0.5) is 5.82 Å². The average Bonchev–Trinajstić information content (AvgIpc) is 3.10. The molecule has 3 heterocycles. The highest BCUT2D eigenvalue weighted by molar-refractivity contribution is 5.81. The average molecular weight is 322 g/mol. The van der Waals surface area contributed by atoms with Gasteiger partial charge in [0, 0.05) is 4.91 Å². The van der Waals surface area contributed by atoms with E-state index < -0.39 is 31.1 Å². The summed E-state index contributed by atoms with van der Waals surface area (Å²) in [5.74, 6) is 0.206. The summed E-state index contributed by atoms with van der Waals surface area (Å²) in [7, 11) is 0. The second-order valence-corrected chi connectivity index (χ2v) is 4.81. The Morgan fingerprint density at radius 1 is 1.48 bits per heavy atom. The smallest absolute Gasteiger partial charge is 0.167 e. The third-order valence-electron chi connectivity index (χ3n) is 3.54. The standard InChI is InChI=1S/C11H14N8O4/c12-9-6-10(15-2-14-9)19(3-16-6)11-8(22-4-17-18-13)7(21)5(1-20)23-11/h2-3,5,7-8,11,20-21H,1,4H2,(H2,12,14,15)/t5-,7-,8-,11-/m1/s1. The number of imidazole rings is 1. The fourth-order valence-electron chi connectivity index (χ4n) is 2.47. The van der Waals surface area contributed by atoms with Gasteiger partial charge in [0.15, 0.2) is 17.7 Å². The fourth-order valence-corrected chi connectivity index (χ4v) is 2.47. The summed E-state index contributed by atoms with van der Waals surface area (Å²) in [6, 6.07) is 0. The van der Waals surface area contributed by atoms with Gasteiger partial charge in [-0.2, -0.15) is 0 Å². The monoisotopic (exact) mass is 322 g/mol. The minimum atomic E-state index is -1.12. The van der Waals surface area contributed by atoms with E-state index in [9.17, 15) is 10.2 Å². The van der Waals surface area contributed by atoms with Crippen molar-refractivity contribution in [2.24, 2.45) is 5.11 Å². The van der Waals surface area contributed by atoms with Crippen LogP contribution in [0.25, 0.3) is 21.6 Å². The minimum Gasteiger partial charge on any atom is -0.394 e. The van der Waals surface area contributed by atoms with Gasteiger partial charge in [-0.25, -0.2) is 15.0 Å². The van der Waals surface area contributed by atoms with E-state index in [2.05, 4.69) is 25.0 Å². The lowest BCUT2D eigenvalue weighted by Gasteiger charge is -2.21. The minimum absolute atomic E-state index is 0.206. The van der Waals surface area contributed by atoms with E-state index in [0.717, 1.165) is 0 Å². The van der Waals surface area contributed by atoms with Crippen LogP contribution in [0.3, 0.4) is 0 Å². The number of hydrogen-bond donors (Lipinski definition) is 3. The molecule has 2 aromatic rings. The molecule has 3 rings (SSSR count). The zero-order valence-electron chi connectivity index (χ0n) is 11.8. The Bertz CT molecular complexity index is 745. The number of anilines is 1. The summed E-state index contributed by atoms with van der Waals surface area (Å²) in [6.07, 6.45) is -0.970. The molecule has 0 bridgehead atoms. The van der Waals surface area contributed by atoms with Crippen molar-refractivity contribution in [1.29, 1.82) is 0 Å². The molecule has 122 valence electrons. The zero-order chi connectivity index (χ0) is 16.4. The predicted octanol–water partition coefficient (Wildman–Crippen LogP) is -0.688. The normalized spacial score (nSPS) is 27.2. The molecular formula is C11H14N8O4. The lowest BCUT2D eigenvalue weighted by Crippen LogP contribution is -2.35. The van der Waals surface area contributed by atoms with Crippen molar-refractivity contribution in [1.82, 2.24) is 19.5 Å². The molecule has 0 aliphatic carbocycles. The van der Waals surface area contributed by atoms with Gasteiger partial charge in [0.25, 0.3) is 0 Å². The number of aromatic nitrogens is 4. The number of nitrogen functional groups attached to an aromatic ring is 1. The number of azide groups is 1. The van der Waals surface area contributed by atoms with Crippen molar-refractivity contribution in [2.45, 2.75) is 24.5 Å². The second kappa shape index (κ2) is 6.32. The number of rotatable bonds is 5. The maximum Gasteiger partial charge on any atom is 0.167 e. The molecule has 2 aromatic heterocycles. The Balaban J connectivity index is 1.96. The van der Waals surface area contributed by atoms with Gasteiger partial charge >= 0.3 is 0 Å². The largest absolute Gasteiger partial charge is 0.394 e. The van der Waals surface area contributed by atoms with Crippen molar-refractivity contribution in [3.8, 4) is 0 Å². The molecule has 12 heteroatoms. The van der Waals surface area contributed by atoms with E-state index in [1.54, 1.807) is 0 Å². The summed E-state index contributed by atoms with van der Waals surface area (Å²) in [6.45, 7) is -0.692. The first-order valence-electron chi connectivity index (χ1n) is 6.67. The van der Waals surface area contributed by atoms with Gasteiger partial charge in [-0.1, -0.05) is 5.11 Å². The number of nitrogens with zero attached hydrogens (tertiary/aromatic N) is 7. The molecule has 4 N–H and O–H groups in total. The van der Waals surface area contributed by atoms with Crippen LogP contribution < -0.4 is 5.73 Å². The molecule has 0 amide bonds. The first kappa shape index (κ1) is 15.4. The number of aliphatic hydroxyl groups excluding tert-OH is 2. The Morgan fingerprint density at radius 3 is 3.04 bits per heavy atom. The van der Waals surface area contributed by atoms with E-state index in [-0.39, 0.29) is 12.5 Å². The molecule has 23 heavy (non-hydrogen) atoms. The van der Waals surface area contributed by atoms with Crippen molar-refractivity contribution >= 4 is 17.0 Å². The lowest BCUT2D eigenvalue weighted by molar-refractivity contribution is -0.0690. The highest BCUT2D eigenvalue weighted by Gasteiger charge is 2.45. The number of hydrogen-bond acceptors (Lipinski definition) is 9. The van der Waals surface area contributed by atoms with E-state index in [1.807, 2.05) is 0 Å². The summed E-state index contributed by atoms with van der Waals surface area (Å²) < 4.78 is 12.5. The van der Waals surface area contributed by atoms with Gasteiger partial charge in [-0.05, 0) is 5.53 Å². The summed E-state index contributed by atoms with van der Waals surface area (Å²) in [4.78, 5) is 14.7. The van der Waals surface area contributed by atoms with Crippen LogP contribution in [0, 0.1) is 0 Å². The predicted molar refractivity (Wildman–Crippen MR) is 75.6 cm³/mol. The molecule has 1 saturated heterocycles. The van der Waals surface area contributed by atoms with E-state index in [4.69, 9.17) is 20.7 Å². The Morgan fingerprint density at radius 2 is 2.30 bits per heavy atom. The molecule has 0 aromatic carbocycles.